The molecule has 1 aromatic carbocycles. The second kappa shape index (κ2) is 10.2. The van der Waals surface area contributed by atoms with Gasteiger partial charge in [-0.25, -0.2) is 4.21 Å². The van der Waals surface area contributed by atoms with E-state index < -0.39 is 11.4 Å². The number of rotatable bonds is 2. The lowest BCUT2D eigenvalue weighted by molar-refractivity contribution is -0.870. The molecule has 0 aromatic heterocycles. The summed E-state index contributed by atoms with van der Waals surface area (Å²) in [6.07, 6.45) is 1.39. The molecule has 1 atom stereocenters. The predicted octanol–water partition coefficient (Wildman–Crippen LogP) is 1.04. The zero-order chi connectivity index (χ0) is 18.9. The Morgan fingerprint density at radius 3 is 1.96 bits per heavy atom. The van der Waals surface area contributed by atoms with Gasteiger partial charge in [0.1, 0.15) is 6.54 Å². The summed E-state index contributed by atoms with van der Waals surface area (Å²) in [6, 6.07) is 6.89. The molecule has 0 heterocycles. The second-order valence-corrected chi connectivity index (χ2v) is 6.46. The Bertz CT molecular complexity index is 630. The van der Waals surface area contributed by atoms with Gasteiger partial charge in [-0.05, 0) is 13.0 Å². The number of nitrogens with zero attached hydrogens (tertiary/aromatic N) is 1. The van der Waals surface area contributed by atoms with Crippen molar-refractivity contribution in [1.29, 1.82) is 0 Å². The summed E-state index contributed by atoms with van der Waals surface area (Å²) in [5.41, 5.74) is 1.55. The molecule has 2 N–H and O–H groups in total. The fraction of sp³-hybridized carbons (Fsp3) is 0.375. The number of aliphatic hydroxyl groups is 1. The quantitative estimate of drug-likeness (QED) is 0.603. The van der Waals surface area contributed by atoms with Crippen molar-refractivity contribution in [1.82, 2.24) is 0 Å². The third kappa shape index (κ3) is 8.80. The first-order valence-corrected chi connectivity index (χ1v) is 8.08. The van der Waals surface area contributed by atoms with Crippen LogP contribution in [0.4, 0.5) is 0 Å². The maximum atomic E-state index is 11.5. The maximum Gasteiger partial charge on any atom is 0.189 e. The molecule has 134 valence electrons. The standard InChI is InChI=1S/C11H8O2.C5H14NO.H2O3S/c1-7-6-10(12)8-4-2-3-5-9(8)11(7)13;1-6(2,3)4-5-7;1-4(2)3/h2-6H,1H3;7H,4-5H2,1-3H3;(H2,1,2,3)/q;+1;/p-1. The molecule has 0 saturated heterocycles. The van der Waals surface area contributed by atoms with E-state index in [0.29, 0.717) is 16.7 Å². The first-order chi connectivity index (χ1) is 11.0. The highest BCUT2D eigenvalue weighted by Crippen LogP contribution is 2.20. The fourth-order valence-corrected chi connectivity index (χ4v) is 1.75. The Kier molecular flexibility index (Phi) is 9.49. The molecule has 0 radical (unpaired) electrons. The number of fused-ring (bicyclic) bond motifs is 1. The number of aliphatic hydroxyl groups excluding tert-OH is 1. The predicted molar refractivity (Wildman–Crippen MR) is 90.4 cm³/mol. The zero-order valence-electron chi connectivity index (χ0n) is 14.2. The van der Waals surface area contributed by atoms with Crippen LogP contribution in [0.5, 0.6) is 0 Å². The summed E-state index contributed by atoms with van der Waals surface area (Å²) in [6.45, 7) is 2.78. The summed E-state index contributed by atoms with van der Waals surface area (Å²) >= 11 is -2.86. The Labute approximate surface area is 144 Å². The van der Waals surface area contributed by atoms with Crippen molar-refractivity contribution < 1.29 is 32.5 Å². The fourth-order valence-electron chi connectivity index (χ4n) is 1.75. The van der Waals surface area contributed by atoms with Gasteiger partial charge in [0.15, 0.2) is 11.6 Å². The summed E-state index contributed by atoms with van der Waals surface area (Å²) in [7, 11) is 6.16. The normalized spacial score (nSPS) is 14.4. The smallest absolute Gasteiger partial charge is 0.189 e. The Morgan fingerprint density at radius 1 is 1.12 bits per heavy atom. The molecule has 0 spiro atoms. The molecule has 8 heteroatoms. The summed E-state index contributed by atoms with van der Waals surface area (Å²) in [4.78, 5) is 23.0. The van der Waals surface area contributed by atoms with Crippen molar-refractivity contribution in [3.63, 3.8) is 0 Å². The average molecular weight is 357 g/mol. The highest BCUT2D eigenvalue weighted by Gasteiger charge is 2.21. The molecular weight excluding hydrogens is 334 g/mol. The lowest BCUT2D eigenvalue weighted by atomic mass is 9.90. The van der Waals surface area contributed by atoms with Crippen LogP contribution in [0.15, 0.2) is 35.9 Å². The molecule has 0 fully saturated rings. The van der Waals surface area contributed by atoms with E-state index in [1.54, 1.807) is 31.2 Å². The minimum absolute atomic E-state index is 0.0461. The van der Waals surface area contributed by atoms with Crippen LogP contribution in [0.25, 0.3) is 0 Å². The van der Waals surface area contributed by atoms with Crippen molar-refractivity contribution in [2.75, 3.05) is 34.3 Å². The van der Waals surface area contributed by atoms with Crippen LogP contribution < -0.4 is 0 Å². The van der Waals surface area contributed by atoms with Crippen LogP contribution in [0.3, 0.4) is 0 Å². The van der Waals surface area contributed by atoms with Gasteiger partial charge in [0.2, 0.25) is 0 Å². The Balaban J connectivity index is 0.000000408. The van der Waals surface area contributed by atoms with Crippen molar-refractivity contribution in [3.05, 3.63) is 47.0 Å². The molecule has 2 rings (SSSR count). The zero-order valence-corrected chi connectivity index (χ0v) is 15.0. The molecule has 1 unspecified atom stereocenters. The van der Waals surface area contributed by atoms with E-state index in [0.717, 1.165) is 11.0 Å². The molecule has 7 nitrogen and oxygen atoms in total. The molecule has 24 heavy (non-hydrogen) atoms. The van der Waals surface area contributed by atoms with Gasteiger partial charge in [0, 0.05) is 16.7 Å². The van der Waals surface area contributed by atoms with Crippen LogP contribution in [0, 0.1) is 0 Å². The van der Waals surface area contributed by atoms with E-state index in [2.05, 4.69) is 21.1 Å². The van der Waals surface area contributed by atoms with Gasteiger partial charge in [-0.1, -0.05) is 24.3 Å². The summed E-state index contributed by atoms with van der Waals surface area (Å²) < 4.78 is 24.9. The molecule has 1 aliphatic rings. The third-order valence-corrected chi connectivity index (χ3v) is 2.91. The van der Waals surface area contributed by atoms with Gasteiger partial charge < -0.3 is 18.7 Å². The minimum atomic E-state index is -2.86. The van der Waals surface area contributed by atoms with E-state index >= 15 is 0 Å². The molecule has 0 saturated carbocycles. The highest BCUT2D eigenvalue weighted by atomic mass is 32.2. The number of benzene rings is 1. The number of hydrogen-bond acceptors (Lipinski definition) is 5. The van der Waals surface area contributed by atoms with Crippen LogP contribution in [0.1, 0.15) is 27.6 Å². The number of quaternary nitrogens is 1. The highest BCUT2D eigenvalue weighted by molar-refractivity contribution is 7.73. The van der Waals surface area contributed by atoms with Crippen molar-refractivity contribution in [2.24, 2.45) is 0 Å². The first-order valence-electron chi connectivity index (χ1n) is 7.05. The van der Waals surface area contributed by atoms with Gasteiger partial charge in [0.25, 0.3) is 0 Å². The number of ketones is 2. The van der Waals surface area contributed by atoms with Crippen LogP contribution in [-0.2, 0) is 11.4 Å². The molecule has 0 amide bonds. The lowest BCUT2D eigenvalue weighted by Gasteiger charge is -2.21. The van der Waals surface area contributed by atoms with E-state index in [-0.39, 0.29) is 18.2 Å². The van der Waals surface area contributed by atoms with Crippen LogP contribution in [-0.4, -0.2) is 68.8 Å². The van der Waals surface area contributed by atoms with E-state index in [4.69, 9.17) is 18.4 Å². The molecular formula is C16H23NO6S. The molecule has 0 aliphatic heterocycles. The largest absolute Gasteiger partial charge is 0.750 e. The average Bonchev–Trinajstić information content (AvgIpc) is 2.44. The first kappa shape index (κ1) is 22.3. The molecule has 0 bridgehead atoms. The maximum absolute atomic E-state index is 11.5. The van der Waals surface area contributed by atoms with Crippen LogP contribution >= 0.6 is 0 Å². The summed E-state index contributed by atoms with van der Waals surface area (Å²) in [5, 5.41) is 8.39. The van der Waals surface area contributed by atoms with Gasteiger partial charge in [-0.2, -0.15) is 0 Å². The van der Waals surface area contributed by atoms with E-state index in [9.17, 15) is 9.59 Å². The SMILES string of the molecule is CC1=CC(=O)c2ccccc2C1=O.C[N+](C)(C)CCO.O=S([O-])O. The lowest BCUT2D eigenvalue weighted by Crippen LogP contribution is -2.36. The van der Waals surface area contributed by atoms with Gasteiger partial charge in [-0.3, -0.25) is 9.59 Å². The Hall–Kier alpha value is -1.71. The monoisotopic (exact) mass is 357 g/mol. The molecule has 1 aromatic rings. The number of likely N-dealkylation sites (N-methyl/N-ethyl adjacent to an activating group) is 1. The number of carbonyl (C=O) groups is 2. The van der Waals surface area contributed by atoms with Gasteiger partial charge in [0.05, 0.1) is 39.1 Å². The van der Waals surface area contributed by atoms with Gasteiger partial charge >= 0.3 is 0 Å². The topological polar surface area (TPSA) is 115 Å². The number of carbonyl (C=O) groups excluding carboxylic acids is 2. The number of hydrogen-bond donors (Lipinski definition) is 2. The second-order valence-electron chi connectivity index (χ2n) is 6.02. The number of Topliss-reactive ketones (excluding diaryl/α,β-unsaturated/α-hetero) is 1. The van der Waals surface area contributed by atoms with Crippen LogP contribution in [0.2, 0.25) is 0 Å². The van der Waals surface area contributed by atoms with Crippen molar-refractivity contribution in [2.45, 2.75) is 6.92 Å². The van der Waals surface area contributed by atoms with Crippen molar-refractivity contribution >= 4 is 22.9 Å². The number of allylic oxidation sites excluding steroid dienone is 2. The minimum Gasteiger partial charge on any atom is -0.750 e. The Morgan fingerprint density at radius 2 is 1.58 bits per heavy atom. The summed E-state index contributed by atoms with van der Waals surface area (Å²) in [5.74, 6) is -0.122. The van der Waals surface area contributed by atoms with Crippen molar-refractivity contribution in [3.8, 4) is 0 Å². The van der Waals surface area contributed by atoms with E-state index in [1.807, 2.05) is 0 Å². The van der Waals surface area contributed by atoms with Gasteiger partial charge in [-0.15, -0.1) is 0 Å². The third-order valence-electron chi connectivity index (χ3n) is 2.91. The van der Waals surface area contributed by atoms with E-state index in [1.165, 1.54) is 6.08 Å². The molecule has 1 aliphatic carbocycles.